The Bertz CT molecular complexity index is 357. The Morgan fingerprint density at radius 2 is 2.21 bits per heavy atom. The summed E-state index contributed by atoms with van der Waals surface area (Å²) in [5, 5.41) is 10.2. The van der Waals surface area contributed by atoms with Crippen molar-refractivity contribution in [3.8, 4) is 5.75 Å². The normalized spacial score (nSPS) is 10.3. The molecule has 76 valence electrons. The summed E-state index contributed by atoms with van der Waals surface area (Å²) < 4.78 is 29.2. The Kier molecular flexibility index (Phi) is 2.90. The van der Waals surface area contributed by atoms with Gasteiger partial charge in [-0.1, -0.05) is 0 Å². The molecular weight excluding hydrogens is 198 g/mol. The van der Waals surface area contributed by atoms with Gasteiger partial charge in [-0.3, -0.25) is 0 Å². The maximum absolute atomic E-state index is 12.3. The van der Waals surface area contributed by atoms with Crippen LogP contribution in [0.15, 0.2) is 12.1 Å². The zero-order chi connectivity index (χ0) is 10.7. The molecule has 0 aromatic carbocycles. The monoisotopic (exact) mass is 204 g/mol. The molecule has 0 aliphatic heterocycles. The number of halogens is 2. The van der Waals surface area contributed by atoms with Gasteiger partial charge in [-0.2, -0.15) is 0 Å². The van der Waals surface area contributed by atoms with Gasteiger partial charge in [-0.05, 0) is 16.0 Å². The first-order chi connectivity index (χ1) is 6.56. The van der Waals surface area contributed by atoms with Crippen molar-refractivity contribution in [3.63, 3.8) is 0 Å². The molecule has 0 spiro atoms. The Morgan fingerprint density at radius 1 is 1.57 bits per heavy atom. The number of hydrogen-bond acceptors (Lipinski definition) is 4. The van der Waals surface area contributed by atoms with E-state index in [1.807, 2.05) is 0 Å². The zero-order valence-corrected chi connectivity index (χ0v) is 7.11. The summed E-state index contributed by atoms with van der Waals surface area (Å²) in [6.07, 6.45) is -2.90. The number of rotatable bonds is 3. The summed E-state index contributed by atoms with van der Waals surface area (Å²) in [5.41, 5.74) is -0.721. The van der Waals surface area contributed by atoms with Crippen LogP contribution in [-0.4, -0.2) is 17.0 Å². The molecule has 1 heterocycles. The Morgan fingerprint density at radius 3 is 2.64 bits per heavy atom. The first-order valence-electron chi connectivity index (χ1n) is 3.53. The molecule has 0 N–H and O–H groups in total. The third kappa shape index (κ3) is 1.93. The quantitative estimate of drug-likeness (QED) is 0.557. The van der Waals surface area contributed by atoms with E-state index in [-0.39, 0.29) is 5.75 Å². The number of alkyl halides is 2. The van der Waals surface area contributed by atoms with Gasteiger partial charge >= 0.3 is 12.2 Å². The molecule has 7 heteroatoms. The fraction of sp³-hybridized carbons (Fsp3) is 0.286. The van der Waals surface area contributed by atoms with Gasteiger partial charge in [-0.25, -0.2) is 8.78 Å². The highest BCUT2D eigenvalue weighted by Crippen LogP contribution is 2.28. The van der Waals surface area contributed by atoms with Crippen LogP contribution in [-0.2, 0) is 0 Å². The molecule has 14 heavy (non-hydrogen) atoms. The zero-order valence-electron chi connectivity index (χ0n) is 7.11. The molecule has 0 atom stereocenters. The highest BCUT2D eigenvalue weighted by atomic mass is 19.3. The molecule has 0 radical (unpaired) electrons. The molecule has 0 saturated heterocycles. The maximum atomic E-state index is 12.3. The number of ether oxygens (including phenoxy) is 1. The van der Waals surface area contributed by atoms with Crippen LogP contribution in [0.3, 0.4) is 0 Å². The minimum absolute atomic E-state index is 0.161. The van der Waals surface area contributed by atoms with Crippen molar-refractivity contribution in [1.29, 1.82) is 0 Å². The fourth-order valence-corrected chi connectivity index (χ4v) is 0.882. The highest BCUT2D eigenvalue weighted by Gasteiger charge is 2.24. The molecule has 0 aliphatic carbocycles. The lowest BCUT2D eigenvalue weighted by atomic mass is 10.3. The summed E-state index contributed by atoms with van der Waals surface area (Å²) >= 11 is 0. The lowest BCUT2D eigenvalue weighted by Gasteiger charge is -2.02. The number of methoxy groups -OCH3 is 1. The van der Waals surface area contributed by atoms with E-state index in [0.717, 1.165) is 12.1 Å². The first kappa shape index (κ1) is 10.3. The Balaban J connectivity index is 3.20. The van der Waals surface area contributed by atoms with E-state index >= 15 is 0 Å². The number of aromatic nitrogens is 1. The maximum Gasteiger partial charge on any atom is 0.364 e. The highest BCUT2D eigenvalue weighted by molar-refractivity contribution is 5.34. The van der Waals surface area contributed by atoms with Gasteiger partial charge in [0.05, 0.1) is 7.11 Å². The van der Waals surface area contributed by atoms with Crippen molar-refractivity contribution in [2.24, 2.45) is 0 Å². The van der Waals surface area contributed by atoms with E-state index in [4.69, 9.17) is 0 Å². The van der Waals surface area contributed by atoms with Crippen LogP contribution < -0.4 is 4.74 Å². The van der Waals surface area contributed by atoms with Crippen molar-refractivity contribution in [1.82, 2.24) is 4.98 Å². The smallest absolute Gasteiger partial charge is 0.364 e. The van der Waals surface area contributed by atoms with Crippen LogP contribution in [0.25, 0.3) is 0 Å². The van der Waals surface area contributed by atoms with Crippen molar-refractivity contribution in [3.05, 3.63) is 27.9 Å². The van der Waals surface area contributed by atoms with Crippen molar-refractivity contribution >= 4 is 5.82 Å². The SMILES string of the molecule is COc1ccc([N+](=O)[O-])nc1C(F)F. The lowest BCUT2D eigenvalue weighted by Crippen LogP contribution is -2.00. The fourth-order valence-electron chi connectivity index (χ4n) is 0.882. The first-order valence-corrected chi connectivity index (χ1v) is 3.53. The molecule has 5 nitrogen and oxygen atoms in total. The summed E-state index contributed by atoms with van der Waals surface area (Å²) in [7, 11) is 1.19. The van der Waals surface area contributed by atoms with Gasteiger partial charge in [0.1, 0.15) is 0 Å². The number of nitro groups is 1. The van der Waals surface area contributed by atoms with Crippen LogP contribution in [0, 0.1) is 10.1 Å². The van der Waals surface area contributed by atoms with Gasteiger partial charge in [0.25, 0.3) is 5.69 Å². The lowest BCUT2D eigenvalue weighted by molar-refractivity contribution is -0.389. The van der Waals surface area contributed by atoms with Crippen molar-refractivity contribution < 1.29 is 18.4 Å². The van der Waals surface area contributed by atoms with Crippen LogP contribution in [0.5, 0.6) is 5.75 Å². The summed E-state index contributed by atoms with van der Waals surface area (Å²) in [6.45, 7) is 0. The number of hydrogen-bond donors (Lipinski definition) is 0. The van der Waals surface area contributed by atoms with Gasteiger partial charge in [-0.15, -0.1) is 0 Å². The summed E-state index contributed by atoms with van der Waals surface area (Å²) in [4.78, 5) is 12.6. The molecule has 0 aliphatic rings. The average molecular weight is 204 g/mol. The minimum Gasteiger partial charge on any atom is -0.492 e. The summed E-state index contributed by atoms with van der Waals surface area (Å²) in [5.74, 6) is -0.785. The largest absolute Gasteiger partial charge is 0.492 e. The molecule has 0 amide bonds. The molecule has 0 bridgehead atoms. The number of nitrogens with zero attached hydrogens (tertiary/aromatic N) is 2. The van der Waals surface area contributed by atoms with Crippen LogP contribution in [0.2, 0.25) is 0 Å². The van der Waals surface area contributed by atoms with Crippen LogP contribution in [0.4, 0.5) is 14.6 Å². The van der Waals surface area contributed by atoms with Crippen molar-refractivity contribution in [2.75, 3.05) is 7.11 Å². The average Bonchev–Trinajstić information content (AvgIpc) is 2.16. The van der Waals surface area contributed by atoms with E-state index < -0.39 is 22.9 Å². The summed E-state index contributed by atoms with van der Waals surface area (Å²) in [6, 6.07) is 2.09. The second-order valence-electron chi connectivity index (χ2n) is 2.31. The Hall–Kier alpha value is -1.79. The molecule has 1 aromatic rings. The number of pyridine rings is 1. The molecule has 0 saturated carbocycles. The topological polar surface area (TPSA) is 65.3 Å². The van der Waals surface area contributed by atoms with Crippen LogP contribution in [0.1, 0.15) is 12.1 Å². The second kappa shape index (κ2) is 3.95. The predicted octanol–water partition coefficient (Wildman–Crippen LogP) is 1.94. The third-order valence-corrected chi connectivity index (χ3v) is 1.48. The Labute approximate surface area is 77.5 Å². The molecule has 1 rings (SSSR count). The van der Waals surface area contributed by atoms with Gasteiger partial charge < -0.3 is 14.9 Å². The standard InChI is InChI=1S/C7H6F2N2O3/c1-14-4-2-3-5(11(12)13)10-6(4)7(8)9/h2-3,7H,1H3. The molecule has 0 fully saturated rings. The minimum atomic E-state index is -2.90. The molecular formula is C7H6F2N2O3. The third-order valence-electron chi connectivity index (χ3n) is 1.48. The molecule has 0 unspecified atom stereocenters. The van der Waals surface area contributed by atoms with Gasteiger partial charge in [0.2, 0.25) is 0 Å². The van der Waals surface area contributed by atoms with Crippen molar-refractivity contribution in [2.45, 2.75) is 6.43 Å². The predicted molar refractivity (Wildman–Crippen MR) is 42.4 cm³/mol. The van der Waals surface area contributed by atoms with E-state index in [9.17, 15) is 18.9 Å². The second-order valence-corrected chi connectivity index (χ2v) is 2.31. The van der Waals surface area contributed by atoms with E-state index in [1.54, 1.807) is 0 Å². The van der Waals surface area contributed by atoms with Gasteiger partial charge in [0, 0.05) is 6.07 Å². The van der Waals surface area contributed by atoms with E-state index in [2.05, 4.69) is 9.72 Å². The van der Waals surface area contributed by atoms with Crippen LogP contribution >= 0.6 is 0 Å². The van der Waals surface area contributed by atoms with E-state index in [1.165, 1.54) is 7.11 Å². The molecule has 1 aromatic heterocycles. The van der Waals surface area contributed by atoms with E-state index in [0.29, 0.717) is 0 Å². The van der Waals surface area contributed by atoms with Gasteiger partial charge in [0.15, 0.2) is 5.75 Å².